The monoisotopic (exact) mass is 372 g/mol. The molecule has 27 heavy (non-hydrogen) atoms. The SMILES string of the molecule is C=Cc1ccc(/C=C/C2CCC(c3ccc(OC)c(F)c3F)CC2)cc1F. The van der Waals surface area contributed by atoms with E-state index in [1.54, 1.807) is 12.1 Å². The first kappa shape index (κ1) is 19.3. The van der Waals surface area contributed by atoms with Crippen molar-refractivity contribution in [2.24, 2.45) is 5.92 Å². The van der Waals surface area contributed by atoms with Crippen molar-refractivity contribution < 1.29 is 17.9 Å². The molecule has 142 valence electrons. The highest BCUT2D eigenvalue weighted by molar-refractivity contribution is 5.55. The quantitative estimate of drug-likeness (QED) is 0.564. The highest BCUT2D eigenvalue weighted by Gasteiger charge is 2.25. The van der Waals surface area contributed by atoms with Crippen LogP contribution < -0.4 is 4.74 Å². The Hall–Kier alpha value is -2.49. The van der Waals surface area contributed by atoms with Gasteiger partial charge in [0.25, 0.3) is 0 Å². The molecule has 0 atom stereocenters. The molecule has 0 amide bonds. The van der Waals surface area contributed by atoms with Crippen LogP contribution in [0.15, 0.2) is 43.0 Å². The zero-order chi connectivity index (χ0) is 19.4. The van der Waals surface area contributed by atoms with E-state index in [2.05, 4.69) is 12.7 Å². The van der Waals surface area contributed by atoms with E-state index in [-0.39, 0.29) is 17.5 Å². The van der Waals surface area contributed by atoms with Gasteiger partial charge >= 0.3 is 0 Å². The molecule has 3 rings (SSSR count). The van der Waals surface area contributed by atoms with E-state index in [1.165, 1.54) is 25.3 Å². The molecule has 0 heterocycles. The van der Waals surface area contributed by atoms with Gasteiger partial charge in [0, 0.05) is 5.56 Å². The Morgan fingerprint density at radius 2 is 1.74 bits per heavy atom. The van der Waals surface area contributed by atoms with Gasteiger partial charge in [-0.05, 0) is 60.8 Å². The lowest BCUT2D eigenvalue weighted by molar-refractivity contribution is 0.350. The van der Waals surface area contributed by atoms with E-state index in [0.717, 1.165) is 31.2 Å². The molecule has 1 nitrogen and oxygen atoms in total. The van der Waals surface area contributed by atoms with Gasteiger partial charge in [0.2, 0.25) is 5.82 Å². The second-order valence-corrected chi connectivity index (χ2v) is 6.94. The van der Waals surface area contributed by atoms with E-state index in [9.17, 15) is 13.2 Å². The second kappa shape index (κ2) is 8.47. The summed E-state index contributed by atoms with van der Waals surface area (Å²) in [6, 6.07) is 8.18. The number of halogens is 3. The molecule has 0 spiro atoms. The van der Waals surface area contributed by atoms with E-state index in [1.807, 2.05) is 12.1 Å². The van der Waals surface area contributed by atoms with Gasteiger partial charge in [0.05, 0.1) is 7.11 Å². The van der Waals surface area contributed by atoms with Crippen molar-refractivity contribution in [1.82, 2.24) is 0 Å². The lowest BCUT2D eigenvalue weighted by atomic mass is 9.78. The van der Waals surface area contributed by atoms with Gasteiger partial charge in [-0.2, -0.15) is 4.39 Å². The number of allylic oxidation sites excluding steroid dienone is 1. The Morgan fingerprint density at radius 3 is 2.37 bits per heavy atom. The van der Waals surface area contributed by atoms with Crippen LogP contribution in [-0.4, -0.2) is 7.11 Å². The van der Waals surface area contributed by atoms with Crippen molar-refractivity contribution in [3.8, 4) is 5.75 Å². The summed E-state index contributed by atoms with van der Waals surface area (Å²) in [5.74, 6) is -1.70. The Morgan fingerprint density at radius 1 is 1.00 bits per heavy atom. The number of hydrogen-bond donors (Lipinski definition) is 0. The predicted molar refractivity (Wildman–Crippen MR) is 103 cm³/mol. The molecule has 1 aliphatic rings. The van der Waals surface area contributed by atoms with Crippen LogP contribution in [0.1, 0.15) is 48.3 Å². The van der Waals surface area contributed by atoms with Gasteiger partial charge in [-0.15, -0.1) is 0 Å². The van der Waals surface area contributed by atoms with E-state index >= 15 is 0 Å². The van der Waals surface area contributed by atoms with Gasteiger partial charge < -0.3 is 4.74 Å². The molecule has 0 saturated heterocycles. The summed E-state index contributed by atoms with van der Waals surface area (Å²) in [4.78, 5) is 0. The van der Waals surface area contributed by atoms with Crippen LogP contribution in [0.25, 0.3) is 12.2 Å². The number of methoxy groups -OCH3 is 1. The maximum Gasteiger partial charge on any atom is 0.200 e. The van der Waals surface area contributed by atoms with Crippen LogP contribution in [0.4, 0.5) is 13.2 Å². The van der Waals surface area contributed by atoms with Crippen molar-refractivity contribution >= 4 is 12.2 Å². The third kappa shape index (κ3) is 4.26. The van der Waals surface area contributed by atoms with Gasteiger partial charge in [0.1, 0.15) is 5.82 Å². The zero-order valence-electron chi connectivity index (χ0n) is 15.4. The highest BCUT2D eigenvalue weighted by Crippen LogP contribution is 2.39. The van der Waals surface area contributed by atoms with Gasteiger partial charge in [-0.3, -0.25) is 0 Å². The molecule has 0 aliphatic heterocycles. The number of ether oxygens (including phenoxy) is 1. The number of rotatable bonds is 5. The second-order valence-electron chi connectivity index (χ2n) is 6.94. The summed E-state index contributed by atoms with van der Waals surface area (Å²) in [5, 5.41) is 0. The fraction of sp³-hybridized carbons (Fsp3) is 0.304. The minimum atomic E-state index is -0.915. The molecular formula is C23H23F3O. The number of benzene rings is 2. The third-order valence-corrected chi connectivity index (χ3v) is 5.31. The highest BCUT2D eigenvalue weighted by atomic mass is 19.2. The first-order valence-corrected chi connectivity index (χ1v) is 9.15. The van der Waals surface area contributed by atoms with Crippen LogP contribution in [0.2, 0.25) is 0 Å². The molecule has 0 bridgehead atoms. The lowest BCUT2D eigenvalue weighted by Gasteiger charge is -2.27. The maximum atomic E-state index is 14.3. The standard InChI is InChI=1S/C23H23F3O/c1-3-17-9-8-16(14-20(17)24)5-4-15-6-10-18(11-7-15)19-12-13-21(27-2)23(26)22(19)25/h3-5,8-9,12-15,18H,1,6-7,10-11H2,2H3/b5-4+. The van der Waals surface area contributed by atoms with E-state index in [0.29, 0.717) is 17.0 Å². The van der Waals surface area contributed by atoms with Crippen molar-refractivity contribution in [3.05, 3.63) is 77.1 Å². The Bertz CT molecular complexity index is 849. The van der Waals surface area contributed by atoms with Gasteiger partial charge in [-0.1, -0.05) is 43.0 Å². The van der Waals surface area contributed by atoms with Crippen molar-refractivity contribution in [2.75, 3.05) is 7.11 Å². The molecule has 1 aliphatic carbocycles. The summed E-state index contributed by atoms with van der Waals surface area (Å²) in [7, 11) is 1.33. The Balaban J connectivity index is 1.63. The molecule has 1 fully saturated rings. The summed E-state index contributed by atoms with van der Waals surface area (Å²) in [6.07, 6.45) is 8.87. The first-order valence-electron chi connectivity index (χ1n) is 9.15. The lowest BCUT2D eigenvalue weighted by Crippen LogP contribution is -2.13. The third-order valence-electron chi connectivity index (χ3n) is 5.31. The molecule has 2 aromatic rings. The van der Waals surface area contributed by atoms with Crippen molar-refractivity contribution in [2.45, 2.75) is 31.6 Å². The zero-order valence-corrected chi connectivity index (χ0v) is 15.4. The normalized spacial score (nSPS) is 20.0. The molecule has 0 aromatic heterocycles. The summed E-state index contributed by atoms with van der Waals surface area (Å²) >= 11 is 0. The Kier molecular flexibility index (Phi) is 6.04. The minimum absolute atomic E-state index is 0.0133. The average molecular weight is 372 g/mol. The van der Waals surface area contributed by atoms with E-state index in [4.69, 9.17) is 4.74 Å². The van der Waals surface area contributed by atoms with Crippen LogP contribution in [0, 0.1) is 23.4 Å². The van der Waals surface area contributed by atoms with Crippen LogP contribution in [-0.2, 0) is 0 Å². The fourth-order valence-electron chi connectivity index (χ4n) is 3.70. The largest absolute Gasteiger partial charge is 0.494 e. The van der Waals surface area contributed by atoms with Gasteiger partial charge in [-0.25, -0.2) is 8.78 Å². The number of hydrogen-bond acceptors (Lipinski definition) is 1. The molecule has 1 saturated carbocycles. The van der Waals surface area contributed by atoms with Crippen LogP contribution >= 0.6 is 0 Å². The summed E-state index contributed by atoms with van der Waals surface area (Å²) in [6.45, 7) is 3.58. The van der Waals surface area contributed by atoms with Gasteiger partial charge in [0.15, 0.2) is 11.6 Å². The van der Waals surface area contributed by atoms with Crippen molar-refractivity contribution in [3.63, 3.8) is 0 Å². The molecule has 0 radical (unpaired) electrons. The van der Waals surface area contributed by atoms with Crippen LogP contribution in [0.5, 0.6) is 5.75 Å². The minimum Gasteiger partial charge on any atom is -0.494 e. The smallest absolute Gasteiger partial charge is 0.200 e. The molecular weight excluding hydrogens is 349 g/mol. The van der Waals surface area contributed by atoms with E-state index < -0.39 is 11.6 Å². The molecule has 0 N–H and O–H groups in total. The van der Waals surface area contributed by atoms with Crippen molar-refractivity contribution in [1.29, 1.82) is 0 Å². The fourth-order valence-corrected chi connectivity index (χ4v) is 3.70. The summed E-state index contributed by atoms with van der Waals surface area (Å²) < 4.78 is 46.9. The molecule has 0 unspecified atom stereocenters. The predicted octanol–water partition coefficient (Wildman–Crippen LogP) is 6.74. The van der Waals surface area contributed by atoms with Crippen LogP contribution in [0.3, 0.4) is 0 Å². The Labute approximate surface area is 158 Å². The summed E-state index contributed by atoms with van der Waals surface area (Å²) in [5.41, 5.74) is 1.72. The maximum absolute atomic E-state index is 14.3. The topological polar surface area (TPSA) is 9.23 Å². The molecule has 4 heteroatoms. The average Bonchev–Trinajstić information content (AvgIpc) is 2.69. The molecule has 2 aromatic carbocycles. The first-order chi connectivity index (χ1) is 13.0.